The van der Waals surface area contributed by atoms with Gasteiger partial charge in [-0.1, -0.05) is 6.58 Å². The second-order valence-electron chi connectivity index (χ2n) is 3.69. The molecule has 0 atom stereocenters. The molecule has 0 radical (unpaired) electrons. The van der Waals surface area contributed by atoms with E-state index in [1.54, 1.807) is 24.3 Å². The van der Waals surface area contributed by atoms with Gasteiger partial charge >= 0.3 is 0 Å². The lowest BCUT2D eigenvalue weighted by molar-refractivity contribution is -0.116. The molecule has 94 valence electrons. The summed E-state index contributed by atoms with van der Waals surface area (Å²) in [5.74, 6) is 0.604. The number of nitrogens with one attached hydrogen (secondary N) is 1. The van der Waals surface area contributed by atoms with Crippen LogP contribution in [0.2, 0.25) is 0 Å². The summed E-state index contributed by atoms with van der Waals surface area (Å²) in [6.07, 6.45) is 2.97. The molecule has 0 bridgehead atoms. The van der Waals surface area contributed by atoms with Crippen molar-refractivity contribution in [2.75, 3.05) is 13.2 Å². The van der Waals surface area contributed by atoms with Crippen LogP contribution >= 0.6 is 0 Å². The minimum absolute atomic E-state index is 0.150. The second kappa shape index (κ2) is 7.91. The normalized spacial score (nSPS) is 9.28. The van der Waals surface area contributed by atoms with Gasteiger partial charge in [0.05, 0.1) is 18.2 Å². The molecule has 0 aliphatic carbocycles. The Labute approximate surface area is 107 Å². The first-order chi connectivity index (χ1) is 8.76. The van der Waals surface area contributed by atoms with Gasteiger partial charge in [-0.2, -0.15) is 5.26 Å². The topological polar surface area (TPSA) is 62.1 Å². The Kier molecular flexibility index (Phi) is 6.05. The first kappa shape index (κ1) is 13.8. The summed E-state index contributed by atoms with van der Waals surface area (Å²) in [4.78, 5) is 10.8. The second-order valence-corrected chi connectivity index (χ2v) is 3.69. The highest BCUT2D eigenvalue weighted by atomic mass is 16.5. The van der Waals surface area contributed by atoms with Gasteiger partial charge in [0.15, 0.2) is 0 Å². The van der Waals surface area contributed by atoms with E-state index in [0.717, 1.165) is 18.6 Å². The Morgan fingerprint density at radius 3 is 2.72 bits per heavy atom. The number of carbonyl (C=O) groups is 1. The largest absolute Gasteiger partial charge is 0.494 e. The lowest BCUT2D eigenvalue weighted by atomic mass is 10.2. The zero-order valence-corrected chi connectivity index (χ0v) is 10.2. The van der Waals surface area contributed by atoms with Gasteiger partial charge in [-0.05, 0) is 43.2 Å². The Balaban J connectivity index is 2.12. The summed E-state index contributed by atoms with van der Waals surface area (Å²) in [5.41, 5.74) is 0.620. The number of nitriles is 1. The van der Waals surface area contributed by atoms with E-state index in [0.29, 0.717) is 18.7 Å². The van der Waals surface area contributed by atoms with Gasteiger partial charge in [0.1, 0.15) is 5.75 Å². The van der Waals surface area contributed by atoms with Gasteiger partial charge in [0.25, 0.3) is 0 Å². The van der Waals surface area contributed by atoms with Crippen LogP contribution in [-0.4, -0.2) is 19.1 Å². The fraction of sp³-hybridized carbons (Fsp3) is 0.286. The van der Waals surface area contributed by atoms with E-state index in [9.17, 15) is 4.79 Å². The summed E-state index contributed by atoms with van der Waals surface area (Å²) >= 11 is 0. The third kappa shape index (κ3) is 5.17. The monoisotopic (exact) mass is 244 g/mol. The van der Waals surface area contributed by atoms with Gasteiger partial charge in [-0.25, -0.2) is 0 Å². The van der Waals surface area contributed by atoms with Crippen molar-refractivity contribution in [2.45, 2.75) is 12.8 Å². The summed E-state index contributed by atoms with van der Waals surface area (Å²) in [7, 11) is 0. The van der Waals surface area contributed by atoms with Crippen molar-refractivity contribution in [3.63, 3.8) is 0 Å². The summed E-state index contributed by atoms with van der Waals surface area (Å²) < 4.78 is 5.50. The molecule has 0 aliphatic heterocycles. The third-order valence-corrected chi connectivity index (χ3v) is 2.31. The molecule has 1 amide bonds. The molecule has 4 heteroatoms. The molecule has 1 aromatic rings. The molecular weight excluding hydrogens is 228 g/mol. The minimum atomic E-state index is -0.150. The molecule has 1 N–H and O–H groups in total. The highest BCUT2D eigenvalue weighted by Gasteiger charge is 1.96. The predicted molar refractivity (Wildman–Crippen MR) is 69.1 cm³/mol. The summed E-state index contributed by atoms with van der Waals surface area (Å²) in [6, 6.07) is 9.05. The smallest absolute Gasteiger partial charge is 0.243 e. The van der Waals surface area contributed by atoms with Crippen molar-refractivity contribution in [3.05, 3.63) is 42.5 Å². The van der Waals surface area contributed by atoms with Crippen LogP contribution in [0.15, 0.2) is 36.9 Å². The lowest BCUT2D eigenvalue weighted by Crippen LogP contribution is -2.22. The van der Waals surface area contributed by atoms with E-state index in [1.807, 2.05) is 0 Å². The molecule has 1 rings (SSSR count). The van der Waals surface area contributed by atoms with E-state index in [-0.39, 0.29) is 5.91 Å². The highest BCUT2D eigenvalue weighted by molar-refractivity contribution is 5.86. The van der Waals surface area contributed by atoms with E-state index in [1.165, 1.54) is 6.08 Å². The van der Waals surface area contributed by atoms with Crippen LogP contribution in [0.1, 0.15) is 18.4 Å². The lowest BCUT2D eigenvalue weighted by Gasteiger charge is -2.06. The fourth-order valence-corrected chi connectivity index (χ4v) is 1.33. The number of unbranched alkanes of at least 4 members (excludes halogenated alkanes) is 1. The molecule has 0 heterocycles. The van der Waals surface area contributed by atoms with Crippen LogP contribution in [-0.2, 0) is 4.79 Å². The maximum atomic E-state index is 10.8. The zero-order chi connectivity index (χ0) is 13.2. The number of hydrogen-bond donors (Lipinski definition) is 1. The zero-order valence-electron chi connectivity index (χ0n) is 10.2. The molecule has 4 nitrogen and oxygen atoms in total. The number of hydrogen-bond acceptors (Lipinski definition) is 3. The number of amides is 1. The van der Waals surface area contributed by atoms with Crippen LogP contribution in [0.4, 0.5) is 0 Å². The van der Waals surface area contributed by atoms with Crippen LogP contribution in [0, 0.1) is 11.3 Å². The SMILES string of the molecule is C=CC(=O)NCCCCOc1ccc(C#N)cc1. The van der Waals surface area contributed by atoms with Crippen LogP contribution in [0.5, 0.6) is 5.75 Å². The fourth-order valence-electron chi connectivity index (χ4n) is 1.33. The van der Waals surface area contributed by atoms with E-state index >= 15 is 0 Å². The molecule has 0 unspecified atom stereocenters. The maximum Gasteiger partial charge on any atom is 0.243 e. The van der Waals surface area contributed by atoms with Crippen molar-refractivity contribution in [2.24, 2.45) is 0 Å². The summed E-state index contributed by atoms with van der Waals surface area (Å²) in [6.45, 7) is 4.59. The first-order valence-corrected chi connectivity index (χ1v) is 5.79. The van der Waals surface area contributed by atoms with Gasteiger partial charge < -0.3 is 10.1 Å². The standard InChI is InChI=1S/C14H16N2O2/c1-2-14(17)16-9-3-4-10-18-13-7-5-12(11-15)6-8-13/h2,5-8H,1,3-4,9-10H2,(H,16,17). The van der Waals surface area contributed by atoms with Crippen molar-refractivity contribution in [1.29, 1.82) is 5.26 Å². The molecule has 1 aromatic carbocycles. The van der Waals surface area contributed by atoms with Gasteiger partial charge in [0, 0.05) is 6.54 Å². The van der Waals surface area contributed by atoms with E-state index in [4.69, 9.17) is 10.00 Å². The average Bonchev–Trinajstić information content (AvgIpc) is 2.43. The summed E-state index contributed by atoms with van der Waals surface area (Å²) in [5, 5.41) is 11.3. The minimum Gasteiger partial charge on any atom is -0.494 e. The highest BCUT2D eigenvalue weighted by Crippen LogP contribution is 2.11. The number of nitrogens with zero attached hydrogens (tertiary/aromatic N) is 1. The van der Waals surface area contributed by atoms with Crippen LogP contribution in [0.25, 0.3) is 0 Å². The Morgan fingerprint density at radius 2 is 2.11 bits per heavy atom. The Hall–Kier alpha value is -2.28. The Bertz CT molecular complexity index is 432. The number of carbonyl (C=O) groups excluding carboxylic acids is 1. The van der Waals surface area contributed by atoms with Gasteiger partial charge in [0.2, 0.25) is 5.91 Å². The molecule has 18 heavy (non-hydrogen) atoms. The molecule has 0 saturated carbocycles. The first-order valence-electron chi connectivity index (χ1n) is 5.79. The van der Waals surface area contributed by atoms with E-state index in [2.05, 4.69) is 18.0 Å². The molecular formula is C14H16N2O2. The average molecular weight is 244 g/mol. The third-order valence-electron chi connectivity index (χ3n) is 2.31. The number of ether oxygens (including phenoxy) is 1. The molecule has 0 aliphatic rings. The van der Waals surface area contributed by atoms with E-state index < -0.39 is 0 Å². The maximum absolute atomic E-state index is 10.8. The molecule has 0 fully saturated rings. The van der Waals surface area contributed by atoms with Gasteiger partial charge in [-0.15, -0.1) is 0 Å². The van der Waals surface area contributed by atoms with Crippen molar-refractivity contribution in [3.8, 4) is 11.8 Å². The quantitative estimate of drug-likeness (QED) is 0.589. The molecule has 0 spiro atoms. The number of benzene rings is 1. The van der Waals surface area contributed by atoms with Crippen LogP contribution in [0.3, 0.4) is 0 Å². The van der Waals surface area contributed by atoms with Crippen molar-refractivity contribution < 1.29 is 9.53 Å². The number of rotatable bonds is 7. The molecule has 0 aromatic heterocycles. The van der Waals surface area contributed by atoms with Crippen LogP contribution < -0.4 is 10.1 Å². The van der Waals surface area contributed by atoms with Crippen molar-refractivity contribution in [1.82, 2.24) is 5.32 Å². The van der Waals surface area contributed by atoms with Gasteiger partial charge in [-0.3, -0.25) is 4.79 Å². The Morgan fingerprint density at radius 1 is 1.39 bits per heavy atom. The predicted octanol–water partition coefficient (Wildman–Crippen LogP) is 2.02. The molecule has 0 saturated heterocycles. The van der Waals surface area contributed by atoms with Crippen molar-refractivity contribution >= 4 is 5.91 Å².